The zero-order chi connectivity index (χ0) is 9.68. The molecule has 1 rings (SSSR count). The van der Waals surface area contributed by atoms with Crippen LogP contribution in [-0.4, -0.2) is 6.54 Å². The smallest absolute Gasteiger partial charge is 0.0931 e. The van der Waals surface area contributed by atoms with E-state index in [1.165, 1.54) is 11.3 Å². The van der Waals surface area contributed by atoms with Crippen LogP contribution < -0.4 is 5.32 Å². The normalized spacial score (nSPS) is 13.2. The monoisotopic (exact) mass is 217 g/mol. The van der Waals surface area contributed by atoms with Gasteiger partial charge in [-0.3, -0.25) is 0 Å². The summed E-state index contributed by atoms with van der Waals surface area (Å²) in [5, 5.41) is 3.50. The van der Waals surface area contributed by atoms with Crippen molar-refractivity contribution in [1.29, 1.82) is 0 Å². The summed E-state index contributed by atoms with van der Waals surface area (Å²) in [5.41, 5.74) is 0. The molecule has 0 saturated heterocycles. The number of thiophene rings is 1. The van der Waals surface area contributed by atoms with Gasteiger partial charge in [0.1, 0.15) is 0 Å². The van der Waals surface area contributed by atoms with Crippen LogP contribution in [0.3, 0.4) is 0 Å². The van der Waals surface area contributed by atoms with Gasteiger partial charge in [0.05, 0.1) is 4.34 Å². The van der Waals surface area contributed by atoms with E-state index in [0.717, 1.165) is 17.3 Å². The topological polar surface area (TPSA) is 12.0 Å². The first-order valence-corrected chi connectivity index (χ1v) is 5.96. The zero-order valence-corrected chi connectivity index (χ0v) is 9.71. The molecule has 1 atom stereocenters. The molecule has 0 aliphatic carbocycles. The van der Waals surface area contributed by atoms with Crippen LogP contribution in [0.1, 0.15) is 37.6 Å². The second-order valence-electron chi connectivity index (χ2n) is 3.06. The third-order valence-electron chi connectivity index (χ3n) is 1.99. The lowest BCUT2D eigenvalue weighted by molar-refractivity contribution is 0.525. The van der Waals surface area contributed by atoms with Crippen LogP contribution in [0.5, 0.6) is 0 Å². The fraction of sp³-hybridized carbons (Fsp3) is 0.600. The Bertz CT molecular complexity index is 247. The van der Waals surface area contributed by atoms with Crippen molar-refractivity contribution in [2.45, 2.75) is 32.7 Å². The molecule has 1 nitrogen and oxygen atoms in total. The number of rotatable bonds is 5. The van der Waals surface area contributed by atoms with Gasteiger partial charge in [-0.1, -0.05) is 25.4 Å². The van der Waals surface area contributed by atoms with Gasteiger partial charge in [-0.25, -0.2) is 0 Å². The van der Waals surface area contributed by atoms with E-state index in [0.29, 0.717) is 6.04 Å². The van der Waals surface area contributed by atoms with Crippen LogP contribution in [0.4, 0.5) is 0 Å². The predicted octanol–water partition coefficient (Wildman–Crippen LogP) is 3.85. The van der Waals surface area contributed by atoms with E-state index in [2.05, 4.69) is 25.2 Å². The summed E-state index contributed by atoms with van der Waals surface area (Å²) in [5.74, 6) is 0. The van der Waals surface area contributed by atoms with Gasteiger partial charge in [0.25, 0.3) is 0 Å². The summed E-state index contributed by atoms with van der Waals surface area (Å²) in [6, 6.07) is 4.57. The Balaban J connectivity index is 2.56. The minimum atomic E-state index is 0.484. The summed E-state index contributed by atoms with van der Waals surface area (Å²) in [7, 11) is 0. The molecule has 0 aliphatic rings. The molecule has 74 valence electrons. The molecule has 3 heteroatoms. The molecule has 1 aromatic rings. The Labute approximate surface area is 89.1 Å². The fourth-order valence-electron chi connectivity index (χ4n) is 1.28. The van der Waals surface area contributed by atoms with E-state index in [4.69, 9.17) is 11.6 Å². The molecular formula is C10H16ClNS. The summed E-state index contributed by atoms with van der Waals surface area (Å²) in [4.78, 5) is 1.35. The lowest BCUT2D eigenvalue weighted by Crippen LogP contribution is -2.20. The number of hydrogen-bond donors (Lipinski definition) is 1. The Kier molecular flexibility index (Phi) is 4.78. The molecule has 0 saturated carbocycles. The van der Waals surface area contributed by atoms with E-state index in [-0.39, 0.29) is 0 Å². The quantitative estimate of drug-likeness (QED) is 0.790. The molecule has 0 spiro atoms. The fourth-order valence-corrected chi connectivity index (χ4v) is 2.50. The predicted molar refractivity (Wildman–Crippen MR) is 60.7 cm³/mol. The van der Waals surface area contributed by atoms with E-state index < -0.39 is 0 Å². The molecule has 1 aromatic heterocycles. The van der Waals surface area contributed by atoms with Gasteiger partial charge in [0.2, 0.25) is 0 Å². The summed E-state index contributed by atoms with van der Waals surface area (Å²) in [6.07, 6.45) is 2.30. The summed E-state index contributed by atoms with van der Waals surface area (Å²) >= 11 is 7.56. The van der Waals surface area contributed by atoms with Crippen LogP contribution in [0.25, 0.3) is 0 Å². The Morgan fingerprint density at radius 3 is 2.69 bits per heavy atom. The maximum atomic E-state index is 5.89. The largest absolute Gasteiger partial charge is 0.309 e. The minimum Gasteiger partial charge on any atom is -0.309 e. The van der Waals surface area contributed by atoms with Crippen molar-refractivity contribution in [2.75, 3.05) is 6.54 Å². The molecule has 1 heterocycles. The first-order valence-electron chi connectivity index (χ1n) is 4.76. The lowest BCUT2D eigenvalue weighted by atomic mass is 10.2. The van der Waals surface area contributed by atoms with Gasteiger partial charge in [0, 0.05) is 10.9 Å². The Hall–Kier alpha value is -0.0500. The van der Waals surface area contributed by atoms with Crippen LogP contribution in [0, 0.1) is 0 Å². The second kappa shape index (κ2) is 5.63. The molecule has 0 aromatic carbocycles. The van der Waals surface area contributed by atoms with Crippen molar-refractivity contribution < 1.29 is 0 Å². The SMILES string of the molecule is CCCNC(CC)c1ccc(Cl)s1. The van der Waals surface area contributed by atoms with E-state index >= 15 is 0 Å². The van der Waals surface area contributed by atoms with E-state index in [1.54, 1.807) is 11.3 Å². The van der Waals surface area contributed by atoms with Gasteiger partial charge < -0.3 is 5.32 Å². The minimum absolute atomic E-state index is 0.484. The van der Waals surface area contributed by atoms with Gasteiger partial charge in [-0.05, 0) is 31.5 Å². The van der Waals surface area contributed by atoms with Crippen molar-refractivity contribution in [3.8, 4) is 0 Å². The van der Waals surface area contributed by atoms with Gasteiger partial charge >= 0.3 is 0 Å². The highest BCUT2D eigenvalue weighted by Gasteiger charge is 2.09. The zero-order valence-electron chi connectivity index (χ0n) is 8.14. The Morgan fingerprint density at radius 1 is 1.46 bits per heavy atom. The van der Waals surface area contributed by atoms with Crippen LogP contribution in [-0.2, 0) is 0 Å². The molecule has 0 fully saturated rings. The molecule has 0 bridgehead atoms. The van der Waals surface area contributed by atoms with Crippen LogP contribution in [0.2, 0.25) is 4.34 Å². The van der Waals surface area contributed by atoms with Crippen molar-refractivity contribution in [3.63, 3.8) is 0 Å². The average molecular weight is 218 g/mol. The van der Waals surface area contributed by atoms with Crippen molar-refractivity contribution >= 4 is 22.9 Å². The lowest BCUT2D eigenvalue weighted by Gasteiger charge is -2.14. The van der Waals surface area contributed by atoms with Gasteiger partial charge in [-0.2, -0.15) is 0 Å². The standard InChI is InChI=1S/C10H16ClNS/c1-3-7-12-8(4-2)9-5-6-10(11)13-9/h5-6,8,12H,3-4,7H2,1-2H3. The van der Waals surface area contributed by atoms with E-state index in [9.17, 15) is 0 Å². The number of halogens is 1. The number of hydrogen-bond acceptors (Lipinski definition) is 2. The average Bonchev–Trinajstić information content (AvgIpc) is 2.54. The Morgan fingerprint density at radius 2 is 2.23 bits per heavy atom. The van der Waals surface area contributed by atoms with Gasteiger partial charge in [0.15, 0.2) is 0 Å². The molecule has 13 heavy (non-hydrogen) atoms. The van der Waals surface area contributed by atoms with Gasteiger partial charge in [-0.15, -0.1) is 11.3 Å². The highest BCUT2D eigenvalue weighted by atomic mass is 35.5. The summed E-state index contributed by atoms with van der Waals surface area (Å²) in [6.45, 7) is 5.45. The molecule has 0 aliphatic heterocycles. The highest BCUT2D eigenvalue weighted by Crippen LogP contribution is 2.28. The molecule has 1 N–H and O–H groups in total. The third kappa shape index (κ3) is 3.29. The second-order valence-corrected chi connectivity index (χ2v) is 4.80. The first-order chi connectivity index (χ1) is 6.27. The van der Waals surface area contributed by atoms with E-state index in [1.807, 2.05) is 6.07 Å². The van der Waals surface area contributed by atoms with Crippen LogP contribution in [0.15, 0.2) is 12.1 Å². The molecule has 1 unspecified atom stereocenters. The maximum Gasteiger partial charge on any atom is 0.0931 e. The van der Waals surface area contributed by atoms with Crippen molar-refractivity contribution in [2.24, 2.45) is 0 Å². The molecule has 0 radical (unpaired) electrons. The van der Waals surface area contributed by atoms with Crippen LogP contribution >= 0.6 is 22.9 Å². The third-order valence-corrected chi connectivity index (χ3v) is 3.33. The maximum absolute atomic E-state index is 5.89. The first kappa shape index (κ1) is 11.0. The highest BCUT2D eigenvalue weighted by molar-refractivity contribution is 7.16. The van der Waals surface area contributed by atoms with Crippen molar-refractivity contribution in [3.05, 3.63) is 21.3 Å². The van der Waals surface area contributed by atoms with Crippen molar-refractivity contribution in [1.82, 2.24) is 5.32 Å². The molecule has 0 amide bonds. The summed E-state index contributed by atoms with van der Waals surface area (Å²) < 4.78 is 0.881. The number of nitrogens with one attached hydrogen (secondary N) is 1. The molecular weight excluding hydrogens is 202 g/mol.